The number of hydrogen-bond donors (Lipinski definition) is 1. The summed E-state index contributed by atoms with van der Waals surface area (Å²) in [5.41, 5.74) is 1.72. The fourth-order valence-electron chi connectivity index (χ4n) is 1.47. The molecule has 0 bridgehead atoms. The summed E-state index contributed by atoms with van der Waals surface area (Å²) in [6.07, 6.45) is 3.25. The summed E-state index contributed by atoms with van der Waals surface area (Å²) in [6, 6.07) is 7.00. The van der Waals surface area contributed by atoms with Gasteiger partial charge in [-0.25, -0.2) is 0 Å². The molecule has 0 aliphatic carbocycles. The zero-order valence-electron chi connectivity index (χ0n) is 9.50. The highest BCUT2D eigenvalue weighted by Gasteiger charge is 2.32. The van der Waals surface area contributed by atoms with Crippen LogP contribution in [0.1, 0.15) is 17.2 Å². The van der Waals surface area contributed by atoms with Crippen LogP contribution in [0.2, 0.25) is 0 Å². The summed E-state index contributed by atoms with van der Waals surface area (Å²) >= 11 is 16.5. The van der Waals surface area contributed by atoms with Crippen molar-refractivity contribution in [1.82, 2.24) is 5.32 Å². The fourth-order valence-corrected chi connectivity index (χ4v) is 1.63. The number of hydrogen-bond acceptors (Lipinski definition) is 1. The van der Waals surface area contributed by atoms with Crippen LogP contribution in [0.4, 0.5) is 0 Å². The first kappa shape index (κ1) is 15.1. The molecule has 0 heterocycles. The van der Waals surface area contributed by atoms with E-state index in [1.165, 1.54) is 0 Å². The lowest BCUT2D eigenvalue weighted by Crippen LogP contribution is -2.36. The van der Waals surface area contributed by atoms with Crippen molar-refractivity contribution in [3.8, 4) is 0 Å². The van der Waals surface area contributed by atoms with Gasteiger partial charge in [-0.1, -0.05) is 77.8 Å². The maximum absolute atomic E-state index is 11.6. The second-order valence-electron chi connectivity index (χ2n) is 3.52. The Bertz CT molecular complexity index is 466. The molecule has 2 nitrogen and oxygen atoms in total. The van der Waals surface area contributed by atoms with Crippen molar-refractivity contribution in [1.29, 1.82) is 0 Å². The first-order valence-electron chi connectivity index (χ1n) is 5.11. The van der Waals surface area contributed by atoms with Gasteiger partial charge in [0.15, 0.2) is 0 Å². The molecule has 1 amide bonds. The van der Waals surface area contributed by atoms with E-state index in [-0.39, 0.29) is 0 Å². The SMILES string of the molecule is C=Cc1ccccc1C(C=C)NC(=O)C(Cl)(Cl)Cl. The molecular formula is C13H12Cl3NO. The molecule has 0 fully saturated rings. The molecular weight excluding hydrogens is 293 g/mol. The van der Waals surface area contributed by atoms with E-state index in [0.29, 0.717) is 0 Å². The maximum Gasteiger partial charge on any atom is 0.272 e. The van der Waals surface area contributed by atoms with Gasteiger partial charge in [-0.05, 0) is 11.1 Å². The largest absolute Gasteiger partial charge is 0.342 e. The van der Waals surface area contributed by atoms with Crippen molar-refractivity contribution in [3.63, 3.8) is 0 Å². The molecule has 1 N–H and O–H groups in total. The van der Waals surface area contributed by atoms with Gasteiger partial charge in [0.05, 0.1) is 6.04 Å². The molecule has 5 heteroatoms. The molecule has 0 aliphatic rings. The number of rotatable bonds is 4. The average Bonchev–Trinajstić information content (AvgIpc) is 2.34. The van der Waals surface area contributed by atoms with Crippen LogP contribution >= 0.6 is 34.8 Å². The Morgan fingerprint density at radius 1 is 1.28 bits per heavy atom. The third-order valence-electron chi connectivity index (χ3n) is 2.33. The predicted octanol–water partition coefficient (Wildman–Crippen LogP) is 4.04. The molecule has 0 saturated heterocycles. The van der Waals surface area contributed by atoms with Crippen molar-refractivity contribution in [3.05, 3.63) is 54.6 Å². The van der Waals surface area contributed by atoms with Crippen LogP contribution in [0, 0.1) is 0 Å². The molecule has 0 saturated carbocycles. The topological polar surface area (TPSA) is 29.1 Å². The van der Waals surface area contributed by atoms with Gasteiger partial charge in [0.25, 0.3) is 9.70 Å². The lowest BCUT2D eigenvalue weighted by molar-refractivity contribution is -0.120. The van der Waals surface area contributed by atoms with Crippen LogP contribution in [0.3, 0.4) is 0 Å². The van der Waals surface area contributed by atoms with Gasteiger partial charge < -0.3 is 5.32 Å². The Morgan fingerprint density at radius 3 is 2.39 bits per heavy atom. The number of nitrogens with one attached hydrogen (secondary N) is 1. The zero-order valence-corrected chi connectivity index (χ0v) is 11.8. The third-order valence-corrected chi connectivity index (χ3v) is 2.85. The Hall–Kier alpha value is -0.960. The van der Waals surface area contributed by atoms with Gasteiger partial charge in [-0.2, -0.15) is 0 Å². The predicted molar refractivity (Wildman–Crippen MR) is 77.9 cm³/mol. The van der Waals surface area contributed by atoms with E-state index in [1.54, 1.807) is 12.2 Å². The van der Waals surface area contributed by atoms with Crippen LogP contribution < -0.4 is 5.32 Å². The van der Waals surface area contributed by atoms with Crippen molar-refractivity contribution in [2.24, 2.45) is 0 Å². The van der Waals surface area contributed by atoms with Gasteiger partial charge in [0, 0.05) is 0 Å². The molecule has 1 atom stereocenters. The summed E-state index contributed by atoms with van der Waals surface area (Å²) < 4.78 is -2.00. The van der Waals surface area contributed by atoms with E-state index < -0.39 is 15.7 Å². The molecule has 0 aromatic heterocycles. The van der Waals surface area contributed by atoms with Crippen LogP contribution in [0.25, 0.3) is 6.08 Å². The molecule has 18 heavy (non-hydrogen) atoms. The summed E-state index contributed by atoms with van der Waals surface area (Å²) in [4.78, 5) is 11.6. The minimum absolute atomic E-state index is 0.442. The summed E-state index contributed by atoms with van der Waals surface area (Å²) in [5.74, 6) is -0.698. The van der Waals surface area contributed by atoms with E-state index in [4.69, 9.17) is 34.8 Å². The van der Waals surface area contributed by atoms with Crippen LogP contribution in [0.5, 0.6) is 0 Å². The van der Waals surface area contributed by atoms with E-state index >= 15 is 0 Å². The van der Waals surface area contributed by atoms with E-state index in [1.807, 2.05) is 24.3 Å². The van der Waals surface area contributed by atoms with Gasteiger partial charge in [-0.3, -0.25) is 4.79 Å². The quantitative estimate of drug-likeness (QED) is 0.660. The first-order chi connectivity index (χ1) is 8.40. The molecule has 0 radical (unpaired) electrons. The standard InChI is InChI=1S/C13H12Cl3NO/c1-3-9-7-5-6-8-10(9)11(4-2)17-12(18)13(14,15)16/h3-8,11H,1-2H2,(H,17,18). The Kier molecular flexibility index (Phi) is 5.27. The van der Waals surface area contributed by atoms with Crippen LogP contribution in [0.15, 0.2) is 43.5 Å². The second kappa shape index (κ2) is 6.28. The van der Waals surface area contributed by atoms with Gasteiger partial charge in [-0.15, -0.1) is 6.58 Å². The van der Waals surface area contributed by atoms with Gasteiger partial charge >= 0.3 is 0 Å². The minimum Gasteiger partial charge on any atom is -0.342 e. The monoisotopic (exact) mass is 303 g/mol. The molecule has 1 aromatic rings. The lowest BCUT2D eigenvalue weighted by atomic mass is 10.0. The minimum atomic E-state index is -2.00. The Labute approximate surface area is 121 Å². The average molecular weight is 305 g/mol. The van der Waals surface area contributed by atoms with Crippen LogP contribution in [-0.2, 0) is 4.79 Å². The molecule has 1 aromatic carbocycles. The summed E-state index contributed by atoms with van der Waals surface area (Å²) in [5, 5.41) is 2.60. The van der Waals surface area contributed by atoms with Gasteiger partial charge in [0.1, 0.15) is 0 Å². The van der Waals surface area contributed by atoms with Crippen molar-refractivity contribution < 1.29 is 4.79 Å². The smallest absolute Gasteiger partial charge is 0.272 e. The van der Waals surface area contributed by atoms with E-state index in [2.05, 4.69) is 18.5 Å². The number of carbonyl (C=O) groups is 1. The highest BCUT2D eigenvalue weighted by molar-refractivity contribution is 6.76. The molecule has 0 spiro atoms. The molecule has 0 aliphatic heterocycles. The number of halogens is 3. The highest BCUT2D eigenvalue weighted by atomic mass is 35.6. The molecule has 96 valence electrons. The normalized spacial score (nSPS) is 12.6. The summed E-state index contributed by atoms with van der Waals surface area (Å²) in [6.45, 7) is 7.38. The van der Waals surface area contributed by atoms with E-state index in [9.17, 15) is 4.79 Å². The maximum atomic E-state index is 11.6. The van der Waals surface area contributed by atoms with Crippen molar-refractivity contribution >= 4 is 46.8 Å². The highest BCUT2D eigenvalue weighted by Crippen LogP contribution is 2.28. The fraction of sp³-hybridized carbons (Fsp3) is 0.154. The number of benzene rings is 1. The van der Waals surface area contributed by atoms with E-state index in [0.717, 1.165) is 11.1 Å². The zero-order chi connectivity index (χ0) is 13.8. The van der Waals surface area contributed by atoms with Crippen molar-refractivity contribution in [2.75, 3.05) is 0 Å². The first-order valence-corrected chi connectivity index (χ1v) is 6.25. The second-order valence-corrected chi connectivity index (χ2v) is 5.80. The molecule has 1 unspecified atom stereocenters. The van der Waals surface area contributed by atoms with Gasteiger partial charge in [0.2, 0.25) is 0 Å². The number of alkyl halides is 3. The third kappa shape index (κ3) is 3.77. The van der Waals surface area contributed by atoms with Crippen molar-refractivity contribution in [2.45, 2.75) is 9.83 Å². The molecule has 1 rings (SSSR count). The number of amides is 1. The summed E-state index contributed by atoms with van der Waals surface area (Å²) in [7, 11) is 0. The lowest BCUT2D eigenvalue weighted by Gasteiger charge is -2.20. The van der Waals surface area contributed by atoms with Crippen LogP contribution in [-0.4, -0.2) is 9.70 Å². The number of carbonyl (C=O) groups excluding carboxylic acids is 1. The Balaban J connectivity index is 3.00. The Morgan fingerprint density at radius 2 is 1.89 bits per heavy atom.